The Labute approximate surface area is 120 Å². The molecule has 1 aromatic carbocycles. The van der Waals surface area contributed by atoms with Gasteiger partial charge in [-0.25, -0.2) is 0 Å². The van der Waals surface area contributed by atoms with Gasteiger partial charge in [-0.3, -0.25) is 9.59 Å². The predicted molar refractivity (Wildman–Crippen MR) is 77.5 cm³/mol. The maximum atomic E-state index is 12.5. The van der Waals surface area contributed by atoms with Crippen LogP contribution in [0.5, 0.6) is 0 Å². The van der Waals surface area contributed by atoms with E-state index < -0.39 is 17.5 Å². The van der Waals surface area contributed by atoms with E-state index in [1.807, 2.05) is 39.0 Å². The molecule has 1 aliphatic carbocycles. The van der Waals surface area contributed by atoms with Crippen molar-refractivity contribution in [2.45, 2.75) is 52.1 Å². The molecule has 0 amide bonds. The Morgan fingerprint density at radius 2 is 1.90 bits per heavy atom. The zero-order chi connectivity index (χ0) is 14.9. The van der Waals surface area contributed by atoms with Crippen molar-refractivity contribution >= 4 is 11.8 Å². The number of aryl methyl sites for hydroxylation is 1. The number of hydrogen-bond donors (Lipinski definition) is 0. The number of fused-ring (bicyclic) bond motifs is 1. The third kappa shape index (κ3) is 3.09. The number of Topliss-reactive ketones (excluding diaryl/α,β-unsaturated/α-hetero) is 1. The van der Waals surface area contributed by atoms with Crippen molar-refractivity contribution in [3.05, 3.63) is 35.4 Å². The van der Waals surface area contributed by atoms with Gasteiger partial charge in [0.1, 0.15) is 11.5 Å². The summed E-state index contributed by atoms with van der Waals surface area (Å²) in [5.74, 6) is -1.31. The summed E-state index contributed by atoms with van der Waals surface area (Å²) in [4.78, 5) is 24.6. The Kier molecular flexibility index (Phi) is 3.98. The lowest BCUT2D eigenvalue weighted by Crippen LogP contribution is -2.33. The molecule has 0 bridgehead atoms. The van der Waals surface area contributed by atoms with Crippen molar-refractivity contribution in [1.82, 2.24) is 0 Å². The standard InChI is InChI=1S/C17H22O3/c1-11(16(19)20-17(2,3)4)15(18)14-10-9-12-7-5-6-8-13(12)14/h5-8,11,14H,9-10H2,1-4H3. The van der Waals surface area contributed by atoms with Crippen LogP contribution in [0.2, 0.25) is 0 Å². The summed E-state index contributed by atoms with van der Waals surface area (Å²) in [6.07, 6.45) is 1.71. The topological polar surface area (TPSA) is 43.4 Å². The van der Waals surface area contributed by atoms with Gasteiger partial charge in [0.05, 0.1) is 0 Å². The SMILES string of the molecule is CC(C(=O)OC(C)(C)C)C(=O)C1CCc2ccccc21. The van der Waals surface area contributed by atoms with Crippen molar-refractivity contribution in [3.8, 4) is 0 Å². The first-order chi connectivity index (χ1) is 9.29. The fourth-order valence-corrected chi connectivity index (χ4v) is 2.66. The maximum Gasteiger partial charge on any atom is 0.316 e. The minimum Gasteiger partial charge on any atom is -0.459 e. The van der Waals surface area contributed by atoms with Crippen molar-refractivity contribution in [1.29, 1.82) is 0 Å². The monoisotopic (exact) mass is 274 g/mol. The van der Waals surface area contributed by atoms with Gasteiger partial charge in [0, 0.05) is 5.92 Å². The highest BCUT2D eigenvalue weighted by molar-refractivity contribution is 6.02. The molecule has 2 rings (SSSR count). The molecule has 0 aromatic heterocycles. The number of rotatable bonds is 3. The predicted octanol–water partition coefficient (Wildman–Crippen LogP) is 3.26. The molecular formula is C17H22O3. The van der Waals surface area contributed by atoms with Crippen LogP contribution in [0, 0.1) is 5.92 Å². The van der Waals surface area contributed by atoms with Crippen LogP contribution in [0.15, 0.2) is 24.3 Å². The van der Waals surface area contributed by atoms with E-state index in [4.69, 9.17) is 4.74 Å². The second-order valence-corrected chi connectivity index (χ2v) is 6.45. The van der Waals surface area contributed by atoms with Gasteiger partial charge in [-0.1, -0.05) is 24.3 Å². The highest BCUT2D eigenvalue weighted by atomic mass is 16.6. The van der Waals surface area contributed by atoms with Gasteiger partial charge in [0.15, 0.2) is 5.78 Å². The molecule has 1 aromatic rings. The number of ketones is 1. The largest absolute Gasteiger partial charge is 0.459 e. The molecular weight excluding hydrogens is 252 g/mol. The van der Waals surface area contributed by atoms with Gasteiger partial charge in [0.25, 0.3) is 0 Å². The molecule has 2 atom stereocenters. The lowest BCUT2D eigenvalue weighted by molar-refractivity contribution is -0.161. The average Bonchev–Trinajstić information content (AvgIpc) is 2.78. The molecule has 1 aliphatic rings. The van der Waals surface area contributed by atoms with Crippen LogP contribution in [0.25, 0.3) is 0 Å². The van der Waals surface area contributed by atoms with E-state index in [2.05, 4.69) is 6.07 Å². The molecule has 0 fully saturated rings. The average molecular weight is 274 g/mol. The molecule has 3 heteroatoms. The van der Waals surface area contributed by atoms with Crippen LogP contribution in [-0.2, 0) is 20.7 Å². The quantitative estimate of drug-likeness (QED) is 0.627. The molecule has 0 saturated heterocycles. The highest BCUT2D eigenvalue weighted by Gasteiger charge is 2.35. The summed E-state index contributed by atoms with van der Waals surface area (Å²) in [5.41, 5.74) is 1.74. The fraction of sp³-hybridized carbons (Fsp3) is 0.529. The van der Waals surface area contributed by atoms with Gasteiger partial charge in [0.2, 0.25) is 0 Å². The second-order valence-electron chi connectivity index (χ2n) is 6.45. The van der Waals surface area contributed by atoms with E-state index >= 15 is 0 Å². The van der Waals surface area contributed by atoms with Crippen LogP contribution in [0.4, 0.5) is 0 Å². The fourth-order valence-electron chi connectivity index (χ4n) is 2.66. The Bertz CT molecular complexity index is 525. The normalized spacial score (nSPS) is 19.3. The third-order valence-corrected chi connectivity index (χ3v) is 3.66. The molecule has 0 heterocycles. The lowest BCUT2D eigenvalue weighted by atomic mass is 9.89. The van der Waals surface area contributed by atoms with Crippen LogP contribution in [0.1, 0.15) is 51.2 Å². The molecule has 20 heavy (non-hydrogen) atoms. The number of benzene rings is 1. The van der Waals surface area contributed by atoms with Crippen molar-refractivity contribution in [2.24, 2.45) is 5.92 Å². The molecule has 0 saturated carbocycles. The van der Waals surface area contributed by atoms with E-state index in [-0.39, 0.29) is 11.7 Å². The van der Waals surface area contributed by atoms with Gasteiger partial charge in [-0.2, -0.15) is 0 Å². The van der Waals surface area contributed by atoms with Gasteiger partial charge in [-0.15, -0.1) is 0 Å². The van der Waals surface area contributed by atoms with Crippen LogP contribution < -0.4 is 0 Å². The Balaban J connectivity index is 2.11. The zero-order valence-electron chi connectivity index (χ0n) is 12.6. The molecule has 0 spiro atoms. The lowest BCUT2D eigenvalue weighted by Gasteiger charge is -2.23. The number of carbonyl (C=O) groups is 2. The molecule has 2 unspecified atom stereocenters. The summed E-state index contributed by atoms with van der Waals surface area (Å²) in [5, 5.41) is 0. The summed E-state index contributed by atoms with van der Waals surface area (Å²) in [7, 11) is 0. The highest BCUT2D eigenvalue weighted by Crippen LogP contribution is 2.35. The first kappa shape index (κ1) is 14.8. The van der Waals surface area contributed by atoms with Crippen molar-refractivity contribution in [2.75, 3.05) is 0 Å². The maximum absolute atomic E-state index is 12.5. The molecule has 108 valence electrons. The number of ether oxygens (including phenoxy) is 1. The summed E-state index contributed by atoms with van der Waals surface area (Å²) < 4.78 is 5.31. The minimum atomic E-state index is -0.703. The first-order valence-electron chi connectivity index (χ1n) is 7.14. The third-order valence-electron chi connectivity index (χ3n) is 3.66. The van der Waals surface area contributed by atoms with E-state index in [1.165, 1.54) is 5.56 Å². The smallest absolute Gasteiger partial charge is 0.316 e. The number of carbonyl (C=O) groups excluding carboxylic acids is 2. The number of hydrogen-bond acceptors (Lipinski definition) is 3. The van der Waals surface area contributed by atoms with Crippen LogP contribution in [-0.4, -0.2) is 17.4 Å². The molecule has 0 aliphatic heterocycles. The summed E-state index contributed by atoms with van der Waals surface area (Å²) >= 11 is 0. The molecule has 0 radical (unpaired) electrons. The Morgan fingerprint density at radius 3 is 2.55 bits per heavy atom. The van der Waals surface area contributed by atoms with Crippen LogP contribution >= 0.6 is 0 Å². The van der Waals surface area contributed by atoms with E-state index in [1.54, 1.807) is 6.92 Å². The van der Waals surface area contributed by atoms with E-state index in [0.717, 1.165) is 18.4 Å². The Hall–Kier alpha value is -1.64. The molecule has 3 nitrogen and oxygen atoms in total. The minimum absolute atomic E-state index is 0.0239. The number of esters is 1. The van der Waals surface area contributed by atoms with Gasteiger partial charge >= 0.3 is 5.97 Å². The van der Waals surface area contributed by atoms with Gasteiger partial charge in [-0.05, 0) is 51.7 Å². The zero-order valence-corrected chi connectivity index (χ0v) is 12.6. The van der Waals surface area contributed by atoms with E-state index in [0.29, 0.717) is 0 Å². The van der Waals surface area contributed by atoms with Crippen LogP contribution in [0.3, 0.4) is 0 Å². The summed E-state index contributed by atoms with van der Waals surface area (Å²) in [6.45, 7) is 7.09. The molecule has 0 N–H and O–H groups in total. The first-order valence-corrected chi connectivity index (χ1v) is 7.14. The van der Waals surface area contributed by atoms with Gasteiger partial charge < -0.3 is 4.74 Å². The Morgan fingerprint density at radius 1 is 1.25 bits per heavy atom. The van der Waals surface area contributed by atoms with Crippen molar-refractivity contribution < 1.29 is 14.3 Å². The second kappa shape index (κ2) is 5.39. The summed E-state index contributed by atoms with van der Waals surface area (Å²) in [6, 6.07) is 7.99. The van der Waals surface area contributed by atoms with E-state index in [9.17, 15) is 9.59 Å². The van der Waals surface area contributed by atoms with Crippen molar-refractivity contribution in [3.63, 3.8) is 0 Å².